The van der Waals surface area contributed by atoms with Gasteiger partial charge in [-0.15, -0.1) is 0 Å². The van der Waals surface area contributed by atoms with Gasteiger partial charge in [0, 0.05) is 5.92 Å². The number of carbonyl (C=O) groups excluding carboxylic acids is 1. The van der Waals surface area contributed by atoms with Gasteiger partial charge in [-0.1, -0.05) is 60.6 Å². The van der Waals surface area contributed by atoms with E-state index in [0.717, 1.165) is 31.4 Å². The first-order chi connectivity index (χ1) is 11.5. The molecule has 0 aromatic heterocycles. The maximum Gasteiger partial charge on any atom is 0.176 e. The number of ether oxygens (including phenoxy) is 1. The van der Waals surface area contributed by atoms with Crippen LogP contribution in [0, 0.1) is 16.7 Å². The van der Waals surface area contributed by atoms with E-state index in [9.17, 15) is 4.79 Å². The van der Waals surface area contributed by atoms with Gasteiger partial charge < -0.3 is 4.74 Å². The summed E-state index contributed by atoms with van der Waals surface area (Å²) in [4.78, 5) is 12.3. The molecule has 1 aliphatic carbocycles. The number of Topliss-reactive ketones (excluding diaryl/α,β-unsaturated/α-hetero) is 1. The van der Waals surface area contributed by atoms with Crippen molar-refractivity contribution in [1.29, 1.82) is 0 Å². The molecule has 0 amide bonds. The van der Waals surface area contributed by atoms with E-state index >= 15 is 0 Å². The highest BCUT2D eigenvalue weighted by atomic mass is 16.5. The van der Waals surface area contributed by atoms with Crippen molar-refractivity contribution in [3.63, 3.8) is 0 Å². The Morgan fingerprint density at radius 1 is 1.04 bits per heavy atom. The van der Waals surface area contributed by atoms with Gasteiger partial charge >= 0.3 is 0 Å². The Labute approximate surface area is 154 Å². The Kier molecular flexibility index (Phi) is 6.01. The van der Waals surface area contributed by atoms with E-state index in [1.807, 2.05) is 19.1 Å². The third kappa shape index (κ3) is 5.59. The van der Waals surface area contributed by atoms with Crippen LogP contribution in [0.5, 0.6) is 5.75 Å². The van der Waals surface area contributed by atoms with Gasteiger partial charge in [-0.25, -0.2) is 0 Å². The smallest absolute Gasteiger partial charge is 0.176 e. The molecule has 0 radical (unpaired) electrons. The van der Waals surface area contributed by atoms with Gasteiger partial charge in [-0.3, -0.25) is 4.79 Å². The molecule has 1 aromatic carbocycles. The Hall–Kier alpha value is -1.31. The lowest BCUT2D eigenvalue weighted by atomic mass is 9.69. The Morgan fingerprint density at radius 3 is 2.16 bits per heavy atom. The minimum absolute atomic E-state index is 0.134. The summed E-state index contributed by atoms with van der Waals surface area (Å²) in [5.74, 6) is 1.71. The largest absolute Gasteiger partial charge is 0.483 e. The molecule has 3 atom stereocenters. The minimum Gasteiger partial charge on any atom is -0.483 e. The maximum absolute atomic E-state index is 12.3. The fourth-order valence-corrected chi connectivity index (χ4v) is 3.81. The van der Waals surface area contributed by atoms with Crippen LogP contribution >= 0.6 is 0 Å². The van der Waals surface area contributed by atoms with Crippen LogP contribution in [-0.2, 0) is 4.79 Å². The molecule has 1 saturated carbocycles. The molecule has 140 valence electrons. The lowest BCUT2D eigenvalue weighted by Crippen LogP contribution is -2.35. The lowest BCUT2D eigenvalue weighted by Gasteiger charge is -2.36. The van der Waals surface area contributed by atoms with Crippen LogP contribution in [0.4, 0.5) is 0 Å². The van der Waals surface area contributed by atoms with Crippen LogP contribution < -0.4 is 4.74 Å². The monoisotopic (exact) mass is 344 g/mol. The van der Waals surface area contributed by atoms with Crippen LogP contribution in [0.2, 0.25) is 0 Å². The van der Waals surface area contributed by atoms with Gasteiger partial charge in [-0.05, 0) is 60.1 Å². The number of ketones is 1. The van der Waals surface area contributed by atoms with Crippen LogP contribution in [-0.4, -0.2) is 11.9 Å². The highest BCUT2D eigenvalue weighted by Gasteiger charge is 2.31. The Morgan fingerprint density at radius 2 is 1.64 bits per heavy atom. The van der Waals surface area contributed by atoms with Crippen LogP contribution in [0.3, 0.4) is 0 Å². The van der Waals surface area contributed by atoms with Crippen LogP contribution in [0.25, 0.3) is 0 Å². The summed E-state index contributed by atoms with van der Waals surface area (Å²) in [5, 5.41) is 0. The highest BCUT2D eigenvalue weighted by molar-refractivity contribution is 5.86. The minimum atomic E-state index is -0.261. The van der Waals surface area contributed by atoms with Crippen molar-refractivity contribution < 1.29 is 9.53 Å². The molecule has 2 nitrogen and oxygen atoms in total. The molecule has 1 fully saturated rings. The molecule has 1 aromatic rings. The molecule has 0 spiro atoms. The molecule has 2 heteroatoms. The van der Waals surface area contributed by atoms with Gasteiger partial charge in [-0.2, -0.15) is 0 Å². The fourth-order valence-electron chi connectivity index (χ4n) is 3.81. The maximum atomic E-state index is 12.3. The summed E-state index contributed by atoms with van der Waals surface area (Å²) in [6.45, 7) is 15.9. The summed E-state index contributed by atoms with van der Waals surface area (Å²) in [6, 6.07) is 8.47. The Bertz CT molecular complexity index is 572. The molecule has 0 saturated heterocycles. The van der Waals surface area contributed by atoms with Crippen molar-refractivity contribution in [3.8, 4) is 5.75 Å². The summed E-state index contributed by atoms with van der Waals surface area (Å²) >= 11 is 0. The Balaban J connectivity index is 2.13. The quantitative estimate of drug-likeness (QED) is 0.632. The SMILES string of the molecule is CC1CCCC(Oc2ccc(C(CC(C)(C)C)C(C)(C)C)cc2)C1=O. The van der Waals surface area contributed by atoms with Crippen LogP contribution in [0.15, 0.2) is 24.3 Å². The summed E-state index contributed by atoms with van der Waals surface area (Å²) in [7, 11) is 0. The molecular formula is C23H36O2. The first kappa shape index (κ1) is 20.0. The van der Waals surface area contributed by atoms with Crippen LogP contribution in [0.1, 0.15) is 85.6 Å². The van der Waals surface area contributed by atoms with Gasteiger partial charge in [0.1, 0.15) is 5.75 Å². The van der Waals surface area contributed by atoms with E-state index in [0.29, 0.717) is 5.92 Å². The van der Waals surface area contributed by atoms with Gasteiger partial charge in [0.05, 0.1) is 0 Å². The lowest BCUT2D eigenvalue weighted by molar-refractivity contribution is -0.131. The van der Waals surface area contributed by atoms with Gasteiger partial charge in [0.25, 0.3) is 0 Å². The van der Waals surface area contributed by atoms with Crippen molar-refractivity contribution in [2.45, 2.75) is 86.2 Å². The van der Waals surface area contributed by atoms with E-state index in [4.69, 9.17) is 4.74 Å². The van der Waals surface area contributed by atoms with Crippen molar-refractivity contribution in [1.82, 2.24) is 0 Å². The first-order valence-electron chi connectivity index (χ1n) is 9.78. The van der Waals surface area contributed by atoms with E-state index in [-0.39, 0.29) is 28.6 Å². The molecule has 2 rings (SSSR count). The van der Waals surface area contributed by atoms with Crippen molar-refractivity contribution in [2.75, 3.05) is 0 Å². The summed E-state index contributed by atoms with van der Waals surface area (Å²) in [6.07, 6.45) is 3.81. The summed E-state index contributed by atoms with van der Waals surface area (Å²) < 4.78 is 6.01. The highest BCUT2D eigenvalue weighted by Crippen LogP contribution is 2.43. The number of carbonyl (C=O) groups is 1. The molecule has 25 heavy (non-hydrogen) atoms. The van der Waals surface area contributed by atoms with Crippen molar-refractivity contribution >= 4 is 5.78 Å². The van der Waals surface area contributed by atoms with E-state index in [1.54, 1.807) is 0 Å². The fraction of sp³-hybridized carbons (Fsp3) is 0.696. The van der Waals surface area contributed by atoms with E-state index in [2.05, 4.69) is 53.7 Å². The van der Waals surface area contributed by atoms with E-state index < -0.39 is 0 Å². The number of hydrogen-bond acceptors (Lipinski definition) is 2. The third-order valence-electron chi connectivity index (χ3n) is 5.33. The zero-order valence-corrected chi connectivity index (χ0v) is 17.2. The zero-order chi connectivity index (χ0) is 18.8. The normalized spacial score (nSPS) is 23.4. The molecule has 0 aliphatic heterocycles. The molecule has 0 N–H and O–H groups in total. The molecular weight excluding hydrogens is 308 g/mol. The number of rotatable bonds is 4. The molecule has 1 aliphatic rings. The first-order valence-corrected chi connectivity index (χ1v) is 9.78. The zero-order valence-electron chi connectivity index (χ0n) is 17.2. The van der Waals surface area contributed by atoms with Crippen molar-refractivity contribution in [2.24, 2.45) is 16.7 Å². The number of hydrogen-bond donors (Lipinski definition) is 0. The molecule has 3 unspecified atom stereocenters. The van der Waals surface area contributed by atoms with E-state index in [1.165, 1.54) is 5.56 Å². The standard InChI is InChI=1S/C23H36O2/c1-16-9-8-10-20(21(16)24)25-18-13-11-17(12-14-18)19(23(5,6)7)15-22(2,3)4/h11-14,16,19-20H,8-10,15H2,1-7H3. The van der Waals surface area contributed by atoms with Gasteiger partial charge in [0.2, 0.25) is 0 Å². The predicted molar refractivity (Wildman–Crippen MR) is 105 cm³/mol. The average Bonchev–Trinajstić information content (AvgIpc) is 2.49. The van der Waals surface area contributed by atoms with Crippen molar-refractivity contribution in [3.05, 3.63) is 29.8 Å². The summed E-state index contributed by atoms with van der Waals surface area (Å²) in [5.41, 5.74) is 1.86. The topological polar surface area (TPSA) is 26.3 Å². The number of benzene rings is 1. The second-order valence-electron chi connectivity index (χ2n) is 10.1. The average molecular weight is 345 g/mol. The van der Waals surface area contributed by atoms with Gasteiger partial charge in [0.15, 0.2) is 11.9 Å². The second-order valence-corrected chi connectivity index (χ2v) is 10.1. The predicted octanol–water partition coefficient (Wildman–Crippen LogP) is 6.39. The molecule has 0 bridgehead atoms. The second kappa shape index (κ2) is 7.51. The third-order valence-corrected chi connectivity index (χ3v) is 5.33. The molecule has 0 heterocycles.